The number of rotatable bonds is 4. The molecule has 27 heavy (non-hydrogen) atoms. The fourth-order valence-corrected chi connectivity index (χ4v) is 2.72. The lowest BCUT2D eigenvalue weighted by atomic mass is 10.0. The molecule has 0 aliphatic rings. The van der Waals surface area contributed by atoms with E-state index in [1.165, 1.54) is 18.3 Å². The Hall–Kier alpha value is -3.80. The van der Waals surface area contributed by atoms with Crippen LogP contribution in [0.2, 0.25) is 0 Å². The molecule has 5 nitrogen and oxygen atoms in total. The summed E-state index contributed by atoms with van der Waals surface area (Å²) in [4.78, 5) is 20.6. The van der Waals surface area contributed by atoms with E-state index in [1.54, 1.807) is 41.5 Å². The van der Waals surface area contributed by atoms with Gasteiger partial charge in [0.2, 0.25) is 0 Å². The molecule has 1 amide bonds. The van der Waals surface area contributed by atoms with Gasteiger partial charge in [0, 0.05) is 12.4 Å². The minimum Gasteiger partial charge on any atom is -0.320 e. The monoisotopic (exact) mass is 358 g/mol. The lowest BCUT2D eigenvalue weighted by Gasteiger charge is -2.08. The molecule has 0 unspecified atom stereocenters. The predicted molar refractivity (Wildman–Crippen MR) is 101 cm³/mol. The Balaban J connectivity index is 1.51. The third kappa shape index (κ3) is 3.59. The van der Waals surface area contributed by atoms with Gasteiger partial charge in [0.1, 0.15) is 18.0 Å². The first-order valence-corrected chi connectivity index (χ1v) is 8.31. The second kappa shape index (κ2) is 7.21. The van der Waals surface area contributed by atoms with Crippen LogP contribution in [-0.4, -0.2) is 20.4 Å². The van der Waals surface area contributed by atoms with Crippen LogP contribution in [-0.2, 0) is 0 Å². The van der Waals surface area contributed by atoms with Crippen molar-refractivity contribution in [3.8, 4) is 16.9 Å². The van der Waals surface area contributed by atoms with Crippen molar-refractivity contribution in [2.75, 3.05) is 5.32 Å². The summed E-state index contributed by atoms with van der Waals surface area (Å²) < 4.78 is 16.2. The van der Waals surface area contributed by atoms with E-state index in [9.17, 15) is 9.18 Å². The van der Waals surface area contributed by atoms with Gasteiger partial charge in [-0.3, -0.25) is 9.36 Å². The lowest BCUT2D eigenvalue weighted by Crippen LogP contribution is -2.14. The molecule has 0 atom stereocenters. The van der Waals surface area contributed by atoms with Gasteiger partial charge in [-0.05, 0) is 35.4 Å². The number of hydrogen-bond acceptors (Lipinski definition) is 3. The number of amides is 1. The topological polar surface area (TPSA) is 59.8 Å². The highest BCUT2D eigenvalue weighted by Gasteiger charge is 2.13. The van der Waals surface area contributed by atoms with Gasteiger partial charge in [-0.1, -0.05) is 36.4 Å². The molecule has 0 bridgehead atoms. The van der Waals surface area contributed by atoms with E-state index in [1.807, 2.05) is 30.3 Å². The zero-order valence-corrected chi connectivity index (χ0v) is 14.2. The number of carbonyl (C=O) groups excluding carboxylic acids is 1. The van der Waals surface area contributed by atoms with Crippen molar-refractivity contribution >= 4 is 11.6 Å². The minimum absolute atomic E-state index is 0.0200. The maximum atomic E-state index is 14.5. The molecule has 0 spiro atoms. The summed E-state index contributed by atoms with van der Waals surface area (Å²) in [6.07, 6.45) is 6.57. The highest BCUT2D eigenvalue weighted by molar-refractivity contribution is 6.04. The highest BCUT2D eigenvalue weighted by Crippen LogP contribution is 2.22. The average molecular weight is 358 g/mol. The van der Waals surface area contributed by atoms with Gasteiger partial charge in [-0.2, -0.15) is 0 Å². The molecule has 2 aromatic carbocycles. The molecule has 2 heterocycles. The van der Waals surface area contributed by atoms with Gasteiger partial charge >= 0.3 is 0 Å². The van der Waals surface area contributed by atoms with Crippen molar-refractivity contribution in [3.63, 3.8) is 0 Å². The van der Waals surface area contributed by atoms with E-state index in [0.29, 0.717) is 11.5 Å². The third-order valence-electron chi connectivity index (χ3n) is 4.10. The predicted octanol–water partition coefficient (Wildman–Crippen LogP) is 4.33. The summed E-state index contributed by atoms with van der Waals surface area (Å²) in [5.74, 6) is -0.426. The SMILES string of the molecule is O=C(Nc1ccc(-n2ccnc2)nc1)c1ccc(-c2ccccc2)cc1F. The second-order valence-corrected chi connectivity index (χ2v) is 5.89. The average Bonchev–Trinajstić information content (AvgIpc) is 3.24. The summed E-state index contributed by atoms with van der Waals surface area (Å²) in [5, 5.41) is 2.66. The summed E-state index contributed by atoms with van der Waals surface area (Å²) in [6.45, 7) is 0. The van der Waals surface area contributed by atoms with Crippen LogP contribution in [0.15, 0.2) is 85.6 Å². The summed E-state index contributed by atoms with van der Waals surface area (Å²) >= 11 is 0. The molecule has 0 aliphatic carbocycles. The molecular formula is C21H15FN4O. The number of anilines is 1. The Morgan fingerprint density at radius 1 is 1.00 bits per heavy atom. The molecule has 6 heteroatoms. The molecule has 4 rings (SSSR count). The van der Waals surface area contributed by atoms with E-state index >= 15 is 0 Å². The standard InChI is InChI=1S/C21H15FN4O/c22-19-12-16(15-4-2-1-3-5-15)6-8-18(19)21(27)25-17-7-9-20(24-13-17)26-11-10-23-14-26/h1-14H,(H,25,27). The Morgan fingerprint density at radius 3 is 2.52 bits per heavy atom. The van der Waals surface area contributed by atoms with Crippen LogP contribution < -0.4 is 5.32 Å². The van der Waals surface area contributed by atoms with E-state index < -0.39 is 11.7 Å². The number of nitrogens with one attached hydrogen (secondary N) is 1. The molecule has 0 fully saturated rings. The molecule has 0 saturated heterocycles. The molecular weight excluding hydrogens is 343 g/mol. The van der Waals surface area contributed by atoms with Gasteiger partial charge in [0.25, 0.3) is 5.91 Å². The highest BCUT2D eigenvalue weighted by atomic mass is 19.1. The van der Waals surface area contributed by atoms with Crippen LogP contribution in [0.25, 0.3) is 16.9 Å². The first kappa shape index (κ1) is 16.7. The van der Waals surface area contributed by atoms with Crippen molar-refractivity contribution in [1.29, 1.82) is 0 Å². The second-order valence-electron chi connectivity index (χ2n) is 5.89. The number of imidazole rings is 1. The Kier molecular flexibility index (Phi) is 4.45. The Morgan fingerprint density at radius 2 is 1.85 bits per heavy atom. The molecule has 0 aliphatic heterocycles. The van der Waals surface area contributed by atoms with Crippen LogP contribution in [0.4, 0.5) is 10.1 Å². The van der Waals surface area contributed by atoms with Crippen LogP contribution in [0.3, 0.4) is 0 Å². The van der Waals surface area contributed by atoms with Crippen molar-refractivity contribution in [3.05, 3.63) is 97.0 Å². The number of hydrogen-bond donors (Lipinski definition) is 1. The zero-order valence-electron chi connectivity index (χ0n) is 14.2. The Bertz CT molecular complexity index is 1060. The number of benzene rings is 2. The van der Waals surface area contributed by atoms with Gasteiger partial charge in [-0.25, -0.2) is 14.4 Å². The van der Waals surface area contributed by atoms with Gasteiger partial charge in [0.05, 0.1) is 17.4 Å². The molecule has 4 aromatic rings. The number of pyridine rings is 1. The van der Waals surface area contributed by atoms with Crippen LogP contribution in [0.5, 0.6) is 0 Å². The molecule has 0 radical (unpaired) electrons. The maximum Gasteiger partial charge on any atom is 0.258 e. The number of nitrogens with zero attached hydrogens (tertiary/aromatic N) is 3. The molecule has 132 valence electrons. The maximum absolute atomic E-state index is 14.5. The number of carbonyl (C=O) groups is 1. The normalized spacial score (nSPS) is 10.6. The van der Waals surface area contributed by atoms with Crippen LogP contribution in [0, 0.1) is 5.82 Å². The third-order valence-corrected chi connectivity index (χ3v) is 4.10. The molecule has 1 N–H and O–H groups in total. The largest absolute Gasteiger partial charge is 0.320 e. The first-order valence-electron chi connectivity index (χ1n) is 8.31. The van der Waals surface area contributed by atoms with Gasteiger partial charge in [0.15, 0.2) is 0 Å². The molecule has 2 aromatic heterocycles. The fraction of sp³-hybridized carbons (Fsp3) is 0. The summed E-state index contributed by atoms with van der Waals surface area (Å²) in [5.41, 5.74) is 2.07. The van der Waals surface area contributed by atoms with E-state index in [0.717, 1.165) is 11.1 Å². The number of aromatic nitrogens is 3. The Labute approximate surface area is 155 Å². The van der Waals surface area contributed by atoms with Crippen molar-refractivity contribution in [1.82, 2.24) is 14.5 Å². The summed E-state index contributed by atoms with van der Waals surface area (Å²) in [6, 6.07) is 17.5. The van der Waals surface area contributed by atoms with Crippen LogP contribution in [0.1, 0.15) is 10.4 Å². The fourth-order valence-electron chi connectivity index (χ4n) is 2.72. The lowest BCUT2D eigenvalue weighted by molar-refractivity contribution is 0.102. The quantitative estimate of drug-likeness (QED) is 0.591. The molecule has 0 saturated carbocycles. The minimum atomic E-state index is -0.572. The van der Waals surface area contributed by atoms with Crippen molar-refractivity contribution < 1.29 is 9.18 Å². The van der Waals surface area contributed by atoms with Gasteiger partial charge in [-0.15, -0.1) is 0 Å². The van der Waals surface area contributed by atoms with Gasteiger partial charge < -0.3 is 5.32 Å². The van der Waals surface area contributed by atoms with E-state index in [4.69, 9.17) is 0 Å². The van der Waals surface area contributed by atoms with E-state index in [-0.39, 0.29) is 5.56 Å². The first-order chi connectivity index (χ1) is 13.2. The smallest absolute Gasteiger partial charge is 0.258 e. The van der Waals surface area contributed by atoms with Crippen LogP contribution >= 0.6 is 0 Å². The van der Waals surface area contributed by atoms with Crippen molar-refractivity contribution in [2.24, 2.45) is 0 Å². The van der Waals surface area contributed by atoms with E-state index in [2.05, 4.69) is 15.3 Å². The zero-order chi connectivity index (χ0) is 18.6. The summed E-state index contributed by atoms with van der Waals surface area (Å²) in [7, 11) is 0. The van der Waals surface area contributed by atoms with Crippen molar-refractivity contribution in [2.45, 2.75) is 0 Å². The number of halogens is 1.